The summed E-state index contributed by atoms with van der Waals surface area (Å²) < 4.78 is 5.21. The standard InChI is InChI=1S/C25H36N6O3/c1-5-13-26-25(33)31(19(2)3)18-24(32)30-15-6-14-29(16-17-30)23-12-11-22(27-28-23)20-7-9-21(34-4)10-8-20/h7-12,19H,5-6,13-18H2,1-4H3,(H,26,33). The number of urea groups is 1. The lowest BCUT2D eigenvalue weighted by Gasteiger charge is -2.29. The predicted molar refractivity (Wildman–Crippen MR) is 133 cm³/mol. The quantitative estimate of drug-likeness (QED) is 0.641. The van der Waals surface area contributed by atoms with Crippen LogP contribution < -0.4 is 15.0 Å². The van der Waals surface area contributed by atoms with E-state index in [0.717, 1.165) is 42.2 Å². The first-order chi connectivity index (χ1) is 16.4. The van der Waals surface area contributed by atoms with E-state index in [0.29, 0.717) is 26.2 Å². The first kappa shape index (κ1) is 25.3. The summed E-state index contributed by atoms with van der Waals surface area (Å²) in [7, 11) is 1.64. The Kier molecular flexibility index (Phi) is 9.07. The van der Waals surface area contributed by atoms with Crippen molar-refractivity contribution in [2.75, 3.05) is 51.3 Å². The molecule has 3 amide bonds. The highest BCUT2D eigenvalue weighted by Crippen LogP contribution is 2.22. The summed E-state index contributed by atoms with van der Waals surface area (Å²) in [5, 5.41) is 11.7. The molecule has 1 saturated heterocycles. The Bertz CT molecular complexity index is 933. The van der Waals surface area contributed by atoms with Gasteiger partial charge >= 0.3 is 6.03 Å². The number of methoxy groups -OCH3 is 1. The number of aromatic nitrogens is 2. The fourth-order valence-electron chi connectivity index (χ4n) is 3.87. The molecule has 3 rings (SSSR count). The van der Waals surface area contributed by atoms with E-state index >= 15 is 0 Å². The molecule has 9 nitrogen and oxygen atoms in total. The van der Waals surface area contributed by atoms with Crippen LogP contribution in [0.25, 0.3) is 11.3 Å². The van der Waals surface area contributed by atoms with Gasteiger partial charge in [0.2, 0.25) is 5.91 Å². The van der Waals surface area contributed by atoms with Crippen molar-refractivity contribution in [3.05, 3.63) is 36.4 Å². The summed E-state index contributed by atoms with van der Waals surface area (Å²) in [5.41, 5.74) is 1.78. The third kappa shape index (κ3) is 6.59. The normalized spacial score (nSPS) is 14.0. The van der Waals surface area contributed by atoms with Crippen molar-refractivity contribution in [2.45, 2.75) is 39.7 Å². The number of carbonyl (C=O) groups is 2. The number of nitrogens with one attached hydrogen (secondary N) is 1. The highest BCUT2D eigenvalue weighted by molar-refractivity contribution is 5.84. The van der Waals surface area contributed by atoms with E-state index < -0.39 is 0 Å². The molecule has 184 valence electrons. The molecule has 1 N–H and O–H groups in total. The minimum atomic E-state index is -0.186. The summed E-state index contributed by atoms with van der Waals surface area (Å²) in [6.07, 6.45) is 1.69. The zero-order valence-electron chi connectivity index (χ0n) is 20.7. The topological polar surface area (TPSA) is 90.9 Å². The molecular weight excluding hydrogens is 432 g/mol. The van der Waals surface area contributed by atoms with E-state index in [1.807, 2.05) is 62.1 Å². The van der Waals surface area contributed by atoms with Gasteiger partial charge in [0.25, 0.3) is 0 Å². The van der Waals surface area contributed by atoms with E-state index in [1.54, 1.807) is 12.0 Å². The van der Waals surface area contributed by atoms with Crippen LogP contribution in [0.4, 0.5) is 10.6 Å². The van der Waals surface area contributed by atoms with Gasteiger partial charge in [-0.3, -0.25) is 4.79 Å². The van der Waals surface area contributed by atoms with E-state index in [1.165, 1.54) is 0 Å². The van der Waals surface area contributed by atoms with Crippen molar-refractivity contribution in [1.29, 1.82) is 0 Å². The van der Waals surface area contributed by atoms with Crippen LogP contribution in [0.3, 0.4) is 0 Å². The molecule has 1 aromatic heterocycles. The lowest BCUT2D eigenvalue weighted by molar-refractivity contribution is -0.131. The largest absolute Gasteiger partial charge is 0.497 e. The first-order valence-electron chi connectivity index (χ1n) is 12.0. The number of hydrogen-bond acceptors (Lipinski definition) is 6. The maximum Gasteiger partial charge on any atom is 0.318 e. The van der Waals surface area contributed by atoms with Crippen LogP contribution in [0.5, 0.6) is 5.75 Å². The molecular formula is C25H36N6O3. The average Bonchev–Trinajstić information content (AvgIpc) is 3.12. The zero-order chi connectivity index (χ0) is 24.5. The Morgan fingerprint density at radius 1 is 1.06 bits per heavy atom. The van der Waals surface area contributed by atoms with Gasteiger partial charge in [-0.05, 0) is 63.1 Å². The SMILES string of the molecule is CCCNC(=O)N(CC(=O)N1CCCN(c2ccc(-c3ccc(OC)cc3)nn2)CC1)C(C)C. The molecule has 9 heteroatoms. The molecule has 0 spiro atoms. The fraction of sp³-hybridized carbons (Fsp3) is 0.520. The number of amides is 3. The second-order valence-electron chi connectivity index (χ2n) is 8.68. The molecule has 0 bridgehead atoms. The second kappa shape index (κ2) is 12.2. The highest BCUT2D eigenvalue weighted by Gasteiger charge is 2.25. The highest BCUT2D eigenvalue weighted by atomic mass is 16.5. The maximum absolute atomic E-state index is 13.0. The van der Waals surface area contributed by atoms with Crippen LogP contribution in [0.15, 0.2) is 36.4 Å². The van der Waals surface area contributed by atoms with E-state index in [2.05, 4.69) is 20.4 Å². The number of benzene rings is 1. The number of carbonyl (C=O) groups excluding carboxylic acids is 2. The lowest BCUT2D eigenvalue weighted by Crippen LogP contribution is -2.50. The van der Waals surface area contributed by atoms with Gasteiger partial charge in [0.15, 0.2) is 5.82 Å². The Morgan fingerprint density at radius 3 is 2.44 bits per heavy atom. The van der Waals surface area contributed by atoms with Crippen LogP contribution in [-0.2, 0) is 4.79 Å². The molecule has 1 fully saturated rings. The van der Waals surface area contributed by atoms with Crippen molar-refractivity contribution >= 4 is 17.8 Å². The van der Waals surface area contributed by atoms with Gasteiger partial charge in [0, 0.05) is 44.3 Å². The summed E-state index contributed by atoms with van der Waals surface area (Å²) in [4.78, 5) is 31.0. The first-order valence-corrected chi connectivity index (χ1v) is 12.0. The second-order valence-corrected chi connectivity index (χ2v) is 8.68. The minimum Gasteiger partial charge on any atom is -0.497 e. The molecule has 1 aromatic carbocycles. The number of ether oxygens (including phenoxy) is 1. The number of anilines is 1. The fourth-order valence-corrected chi connectivity index (χ4v) is 3.87. The molecule has 0 radical (unpaired) electrons. The van der Waals surface area contributed by atoms with Crippen LogP contribution in [0.1, 0.15) is 33.6 Å². The summed E-state index contributed by atoms with van der Waals surface area (Å²) >= 11 is 0. The molecule has 34 heavy (non-hydrogen) atoms. The molecule has 1 aliphatic heterocycles. The monoisotopic (exact) mass is 468 g/mol. The Labute approximate surface area is 202 Å². The van der Waals surface area contributed by atoms with Crippen molar-refractivity contribution in [3.8, 4) is 17.0 Å². The van der Waals surface area contributed by atoms with Crippen molar-refractivity contribution in [3.63, 3.8) is 0 Å². The van der Waals surface area contributed by atoms with E-state index in [-0.39, 0.29) is 24.5 Å². The van der Waals surface area contributed by atoms with Gasteiger partial charge in [-0.1, -0.05) is 6.92 Å². The van der Waals surface area contributed by atoms with Crippen molar-refractivity contribution in [2.24, 2.45) is 0 Å². The molecule has 2 aromatic rings. The maximum atomic E-state index is 13.0. The number of nitrogens with zero attached hydrogens (tertiary/aromatic N) is 5. The number of hydrogen-bond donors (Lipinski definition) is 1. The third-order valence-corrected chi connectivity index (χ3v) is 5.92. The number of rotatable bonds is 8. The molecule has 0 atom stereocenters. The Morgan fingerprint density at radius 2 is 1.82 bits per heavy atom. The van der Waals surface area contributed by atoms with Gasteiger partial charge in [0.05, 0.1) is 12.8 Å². The van der Waals surface area contributed by atoms with Crippen molar-refractivity contribution < 1.29 is 14.3 Å². The van der Waals surface area contributed by atoms with Gasteiger partial charge < -0.3 is 24.8 Å². The Balaban J connectivity index is 1.58. The average molecular weight is 469 g/mol. The minimum absolute atomic E-state index is 0.0249. The summed E-state index contributed by atoms with van der Waals surface area (Å²) in [5.74, 6) is 1.58. The Hall–Kier alpha value is -3.36. The van der Waals surface area contributed by atoms with Gasteiger partial charge in [-0.2, -0.15) is 0 Å². The van der Waals surface area contributed by atoms with E-state index in [4.69, 9.17) is 4.74 Å². The van der Waals surface area contributed by atoms with Gasteiger partial charge in [-0.25, -0.2) is 4.79 Å². The van der Waals surface area contributed by atoms with Gasteiger partial charge in [-0.15, -0.1) is 10.2 Å². The molecule has 0 aliphatic carbocycles. The molecule has 1 aliphatic rings. The van der Waals surface area contributed by atoms with E-state index in [9.17, 15) is 9.59 Å². The zero-order valence-corrected chi connectivity index (χ0v) is 20.7. The lowest BCUT2D eigenvalue weighted by atomic mass is 10.1. The third-order valence-electron chi connectivity index (χ3n) is 5.92. The smallest absolute Gasteiger partial charge is 0.318 e. The van der Waals surface area contributed by atoms with Crippen LogP contribution >= 0.6 is 0 Å². The predicted octanol–water partition coefficient (Wildman–Crippen LogP) is 3.02. The molecule has 0 unspecified atom stereocenters. The summed E-state index contributed by atoms with van der Waals surface area (Å²) in [6.45, 7) is 9.27. The van der Waals surface area contributed by atoms with Crippen LogP contribution in [0, 0.1) is 0 Å². The van der Waals surface area contributed by atoms with Crippen molar-refractivity contribution in [1.82, 2.24) is 25.3 Å². The van der Waals surface area contributed by atoms with Crippen LogP contribution in [0.2, 0.25) is 0 Å². The molecule has 2 heterocycles. The van der Waals surface area contributed by atoms with Gasteiger partial charge in [0.1, 0.15) is 12.3 Å². The van der Waals surface area contributed by atoms with Crippen LogP contribution in [-0.4, -0.2) is 84.4 Å². The summed E-state index contributed by atoms with van der Waals surface area (Å²) in [6, 6.07) is 11.4. The molecule has 0 saturated carbocycles.